The summed E-state index contributed by atoms with van der Waals surface area (Å²) in [5.74, 6) is 0.231. The summed E-state index contributed by atoms with van der Waals surface area (Å²) in [4.78, 5) is 7.23. The third kappa shape index (κ3) is 1.71. The van der Waals surface area contributed by atoms with Crippen molar-refractivity contribution in [1.82, 2.24) is 9.97 Å². The Morgan fingerprint density at radius 2 is 2.27 bits per heavy atom. The van der Waals surface area contributed by atoms with E-state index in [0.29, 0.717) is 6.54 Å². The molecule has 0 aliphatic heterocycles. The van der Waals surface area contributed by atoms with Gasteiger partial charge in [0.25, 0.3) is 0 Å². The number of nitrogens with two attached hydrogens (primary N) is 1. The molecule has 4 nitrogen and oxygen atoms in total. The highest BCUT2D eigenvalue weighted by Gasteiger charge is 2.07. The van der Waals surface area contributed by atoms with Gasteiger partial charge in [-0.3, -0.25) is 0 Å². The van der Waals surface area contributed by atoms with E-state index in [1.807, 2.05) is 19.1 Å². The first-order valence-corrected chi connectivity index (χ1v) is 4.74. The predicted octanol–water partition coefficient (Wildman–Crippen LogP) is 1.55. The Hall–Kier alpha value is -1.81. The van der Waals surface area contributed by atoms with Crippen molar-refractivity contribution in [2.45, 2.75) is 13.5 Å². The fourth-order valence-corrected chi connectivity index (χ4v) is 1.55. The van der Waals surface area contributed by atoms with Crippen molar-refractivity contribution in [2.75, 3.05) is 0 Å². The minimum atomic E-state index is 0.231. The molecule has 1 aromatic carbocycles. The lowest BCUT2D eigenvalue weighted by Gasteiger charge is -2.04. The van der Waals surface area contributed by atoms with Gasteiger partial charge in [0.1, 0.15) is 5.75 Å². The van der Waals surface area contributed by atoms with Crippen LogP contribution in [0.5, 0.6) is 5.75 Å². The summed E-state index contributed by atoms with van der Waals surface area (Å²) in [5, 5.41) is 9.49. The lowest BCUT2D eigenvalue weighted by atomic mass is 10.1. The molecular weight excluding hydrogens is 190 g/mol. The Labute approximate surface area is 87.8 Å². The van der Waals surface area contributed by atoms with Gasteiger partial charge in [0.15, 0.2) is 0 Å². The van der Waals surface area contributed by atoms with Crippen LogP contribution in [0.1, 0.15) is 11.3 Å². The van der Waals surface area contributed by atoms with Crippen molar-refractivity contribution in [3.63, 3.8) is 0 Å². The van der Waals surface area contributed by atoms with Gasteiger partial charge in [0.05, 0.1) is 12.0 Å². The van der Waals surface area contributed by atoms with Gasteiger partial charge in [-0.25, -0.2) is 4.98 Å². The predicted molar refractivity (Wildman–Crippen MR) is 58.3 cm³/mol. The molecule has 0 aliphatic carbocycles. The summed E-state index contributed by atoms with van der Waals surface area (Å²) in [6, 6.07) is 5.34. The summed E-state index contributed by atoms with van der Waals surface area (Å²) in [6.45, 7) is 2.28. The number of hydrogen-bond acceptors (Lipinski definition) is 3. The molecule has 0 radical (unpaired) electrons. The van der Waals surface area contributed by atoms with Crippen molar-refractivity contribution < 1.29 is 5.11 Å². The zero-order chi connectivity index (χ0) is 10.8. The molecule has 0 bridgehead atoms. The average molecular weight is 203 g/mol. The number of nitrogens with one attached hydrogen (secondary N) is 1. The fraction of sp³-hybridized carbons (Fsp3) is 0.182. The number of aromatic nitrogens is 2. The first-order valence-electron chi connectivity index (χ1n) is 4.74. The maximum absolute atomic E-state index is 9.49. The van der Waals surface area contributed by atoms with Gasteiger partial charge in [0.2, 0.25) is 0 Å². The fourth-order valence-electron chi connectivity index (χ4n) is 1.55. The molecule has 2 rings (SSSR count). The second-order valence-corrected chi connectivity index (χ2v) is 3.42. The topological polar surface area (TPSA) is 74.9 Å². The number of imidazole rings is 1. The van der Waals surface area contributed by atoms with Crippen LogP contribution in [-0.4, -0.2) is 15.1 Å². The molecule has 0 saturated heterocycles. The molecule has 1 heterocycles. The number of phenolic OH excluding ortho intramolecular Hbond substituents is 1. The standard InChI is InChI=1S/C11H13N3O/c1-7-11(14-6-13-7)8-2-3-10(15)9(4-8)5-12/h2-4,6,15H,5,12H2,1H3,(H,13,14). The van der Waals surface area contributed by atoms with Crippen molar-refractivity contribution in [2.24, 2.45) is 5.73 Å². The largest absolute Gasteiger partial charge is 0.508 e. The molecule has 4 N–H and O–H groups in total. The summed E-state index contributed by atoms with van der Waals surface area (Å²) in [7, 11) is 0. The molecule has 0 unspecified atom stereocenters. The Morgan fingerprint density at radius 3 is 2.87 bits per heavy atom. The molecule has 0 fully saturated rings. The summed E-state index contributed by atoms with van der Waals surface area (Å²) in [6.07, 6.45) is 1.65. The van der Waals surface area contributed by atoms with Crippen molar-refractivity contribution >= 4 is 0 Å². The SMILES string of the molecule is Cc1[nH]cnc1-c1ccc(O)c(CN)c1. The summed E-state index contributed by atoms with van der Waals surface area (Å²) >= 11 is 0. The lowest BCUT2D eigenvalue weighted by molar-refractivity contribution is 0.468. The van der Waals surface area contributed by atoms with Gasteiger partial charge in [0, 0.05) is 23.4 Å². The molecular formula is C11H13N3O. The van der Waals surface area contributed by atoms with E-state index < -0.39 is 0 Å². The molecule has 0 atom stereocenters. The lowest BCUT2D eigenvalue weighted by Crippen LogP contribution is -1.97. The Bertz CT molecular complexity index is 476. The third-order valence-electron chi connectivity index (χ3n) is 2.40. The van der Waals surface area contributed by atoms with E-state index in [9.17, 15) is 5.11 Å². The van der Waals surface area contributed by atoms with E-state index in [0.717, 1.165) is 22.5 Å². The zero-order valence-electron chi connectivity index (χ0n) is 8.49. The van der Waals surface area contributed by atoms with Crippen LogP contribution in [0.2, 0.25) is 0 Å². The van der Waals surface area contributed by atoms with Crippen LogP contribution < -0.4 is 5.73 Å². The highest BCUT2D eigenvalue weighted by atomic mass is 16.3. The zero-order valence-corrected chi connectivity index (χ0v) is 8.49. The maximum Gasteiger partial charge on any atom is 0.120 e. The number of aromatic hydroxyl groups is 1. The molecule has 0 amide bonds. The van der Waals surface area contributed by atoms with Crippen LogP contribution in [-0.2, 0) is 6.54 Å². The summed E-state index contributed by atoms with van der Waals surface area (Å²) < 4.78 is 0. The number of hydrogen-bond donors (Lipinski definition) is 3. The average Bonchev–Trinajstić information content (AvgIpc) is 2.65. The number of aromatic amines is 1. The van der Waals surface area contributed by atoms with E-state index in [1.165, 1.54) is 0 Å². The van der Waals surface area contributed by atoms with E-state index >= 15 is 0 Å². The molecule has 0 spiro atoms. The first kappa shape index (κ1) is 9.73. The van der Waals surface area contributed by atoms with E-state index in [4.69, 9.17) is 5.73 Å². The Kier molecular flexibility index (Phi) is 2.43. The van der Waals surface area contributed by atoms with Crippen LogP contribution in [0.3, 0.4) is 0 Å². The number of benzene rings is 1. The molecule has 1 aromatic heterocycles. The Balaban J connectivity index is 2.51. The number of phenols is 1. The van der Waals surface area contributed by atoms with Crippen LogP contribution in [0, 0.1) is 6.92 Å². The quantitative estimate of drug-likeness (QED) is 0.693. The number of H-pyrrole nitrogens is 1. The van der Waals surface area contributed by atoms with Crippen molar-refractivity contribution in [1.29, 1.82) is 0 Å². The molecule has 0 saturated carbocycles. The van der Waals surface area contributed by atoms with Gasteiger partial charge in [-0.1, -0.05) is 0 Å². The molecule has 2 aromatic rings. The van der Waals surface area contributed by atoms with Crippen LogP contribution >= 0.6 is 0 Å². The molecule has 78 valence electrons. The van der Waals surface area contributed by atoms with Gasteiger partial charge < -0.3 is 15.8 Å². The van der Waals surface area contributed by atoms with Crippen LogP contribution in [0.4, 0.5) is 0 Å². The highest BCUT2D eigenvalue weighted by molar-refractivity contribution is 5.63. The van der Waals surface area contributed by atoms with E-state index in [-0.39, 0.29) is 5.75 Å². The number of aryl methyl sites for hydroxylation is 1. The molecule has 15 heavy (non-hydrogen) atoms. The number of nitrogens with zero attached hydrogens (tertiary/aromatic N) is 1. The normalized spacial score (nSPS) is 10.5. The Morgan fingerprint density at radius 1 is 1.47 bits per heavy atom. The second-order valence-electron chi connectivity index (χ2n) is 3.42. The van der Waals surface area contributed by atoms with Crippen LogP contribution in [0.25, 0.3) is 11.3 Å². The monoisotopic (exact) mass is 203 g/mol. The molecule has 4 heteroatoms. The minimum Gasteiger partial charge on any atom is -0.508 e. The highest BCUT2D eigenvalue weighted by Crippen LogP contribution is 2.25. The maximum atomic E-state index is 9.49. The van der Waals surface area contributed by atoms with Gasteiger partial charge >= 0.3 is 0 Å². The van der Waals surface area contributed by atoms with E-state index in [1.54, 1.807) is 12.4 Å². The minimum absolute atomic E-state index is 0.231. The van der Waals surface area contributed by atoms with Gasteiger partial charge in [-0.15, -0.1) is 0 Å². The first-order chi connectivity index (χ1) is 7.22. The third-order valence-corrected chi connectivity index (χ3v) is 2.40. The second kappa shape index (κ2) is 3.74. The molecule has 0 aliphatic rings. The van der Waals surface area contributed by atoms with E-state index in [2.05, 4.69) is 9.97 Å². The number of rotatable bonds is 2. The van der Waals surface area contributed by atoms with Gasteiger partial charge in [-0.2, -0.15) is 0 Å². The van der Waals surface area contributed by atoms with Crippen LogP contribution in [0.15, 0.2) is 24.5 Å². The van der Waals surface area contributed by atoms with Crippen molar-refractivity contribution in [3.05, 3.63) is 35.8 Å². The van der Waals surface area contributed by atoms with Crippen molar-refractivity contribution in [3.8, 4) is 17.0 Å². The summed E-state index contributed by atoms with van der Waals surface area (Å²) in [5.41, 5.74) is 9.12. The van der Waals surface area contributed by atoms with Gasteiger partial charge in [-0.05, 0) is 25.1 Å². The smallest absolute Gasteiger partial charge is 0.120 e.